The SMILES string of the molecule is O=C(O)C1CCCC(C(=O)NCCCCC(F)(F)F)C1. The van der Waals surface area contributed by atoms with Gasteiger partial charge in [-0.15, -0.1) is 0 Å². The van der Waals surface area contributed by atoms with Crippen LogP contribution in [0.5, 0.6) is 0 Å². The van der Waals surface area contributed by atoms with Crippen molar-refractivity contribution in [3.05, 3.63) is 0 Å². The lowest BCUT2D eigenvalue weighted by atomic mass is 9.81. The highest BCUT2D eigenvalue weighted by molar-refractivity contribution is 5.80. The number of hydrogen-bond donors (Lipinski definition) is 2. The average molecular weight is 295 g/mol. The van der Waals surface area contributed by atoms with E-state index in [0.29, 0.717) is 25.7 Å². The number of nitrogens with one attached hydrogen (secondary N) is 1. The van der Waals surface area contributed by atoms with E-state index >= 15 is 0 Å². The largest absolute Gasteiger partial charge is 0.481 e. The molecule has 116 valence electrons. The highest BCUT2D eigenvalue weighted by atomic mass is 19.4. The van der Waals surface area contributed by atoms with Crippen LogP contribution >= 0.6 is 0 Å². The van der Waals surface area contributed by atoms with Crippen LogP contribution in [0.25, 0.3) is 0 Å². The van der Waals surface area contributed by atoms with Crippen molar-refractivity contribution in [2.75, 3.05) is 6.54 Å². The molecule has 1 amide bonds. The molecule has 1 rings (SSSR count). The van der Waals surface area contributed by atoms with Gasteiger partial charge in [0.25, 0.3) is 0 Å². The molecule has 0 radical (unpaired) electrons. The summed E-state index contributed by atoms with van der Waals surface area (Å²) in [5.74, 6) is -1.92. The molecule has 0 aliphatic heterocycles. The van der Waals surface area contributed by atoms with E-state index in [9.17, 15) is 22.8 Å². The third-order valence-corrected chi connectivity index (χ3v) is 3.58. The quantitative estimate of drug-likeness (QED) is 0.740. The fourth-order valence-electron chi connectivity index (χ4n) is 2.46. The number of carbonyl (C=O) groups is 2. The normalized spacial score (nSPS) is 23.4. The minimum Gasteiger partial charge on any atom is -0.481 e. The summed E-state index contributed by atoms with van der Waals surface area (Å²) in [6, 6.07) is 0. The van der Waals surface area contributed by atoms with Gasteiger partial charge < -0.3 is 10.4 Å². The van der Waals surface area contributed by atoms with Crippen molar-refractivity contribution in [2.45, 2.75) is 51.1 Å². The zero-order valence-electron chi connectivity index (χ0n) is 11.2. The van der Waals surface area contributed by atoms with Crippen molar-refractivity contribution < 1.29 is 27.9 Å². The van der Waals surface area contributed by atoms with Crippen molar-refractivity contribution in [3.8, 4) is 0 Å². The van der Waals surface area contributed by atoms with Crippen molar-refractivity contribution in [2.24, 2.45) is 11.8 Å². The summed E-state index contributed by atoms with van der Waals surface area (Å²) in [4.78, 5) is 22.7. The van der Waals surface area contributed by atoms with E-state index in [1.54, 1.807) is 0 Å². The standard InChI is InChI=1S/C13H20F3NO3/c14-13(15,16)6-1-2-7-17-11(18)9-4-3-5-10(8-9)12(19)20/h9-10H,1-8H2,(H,17,18)(H,19,20). The van der Waals surface area contributed by atoms with Crippen molar-refractivity contribution in [3.63, 3.8) is 0 Å². The molecular formula is C13H20F3NO3. The number of alkyl halides is 3. The van der Waals surface area contributed by atoms with E-state index in [2.05, 4.69) is 5.32 Å². The van der Waals surface area contributed by atoms with Crippen molar-refractivity contribution in [1.29, 1.82) is 0 Å². The summed E-state index contributed by atoms with van der Waals surface area (Å²) < 4.78 is 35.7. The Bertz CT molecular complexity index is 344. The maximum absolute atomic E-state index is 11.9. The maximum Gasteiger partial charge on any atom is 0.389 e. The minimum absolute atomic E-state index is 0.00774. The monoisotopic (exact) mass is 295 g/mol. The molecule has 0 bridgehead atoms. The van der Waals surface area contributed by atoms with E-state index in [1.807, 2.05) is 0 Å². The molecule has 0 aromatic carbocycles. The van der Waals surface area contributed by atoms with Crippen molar-refractivity contribution >= 4 is 11.9 Å². The smallest absolute Gasteiger partial charge is 0.389 e. The number of rotatable bonds is 6. The van der Waals surface area contributed by atoms with Gasteiger partial charge in [-0.1, -0.05) is 6.42 Å². The Morgan fingerprint density at radius 1 is 1.15 bits per heavy atom. The van der Waals surface area contributed by atoms with Gasteiger partial charge in [-0.25, -0.2) is 0 Å². The Morgan fingerprint density at radius 3 is 2.40 bits per heavy atom. The molecule has 7 heteroatoms. The van der Waals surface area contributed by atoms with E-state index in [0.717, 1.165) is 0 Å². The third kappa shape index (κ3) is 6.25. The first-order valence-corrected chi connectivity index (χ1v) is 6.87. The van der Waals surface area contributed by atoms with Crippen LogP contribution in [-0.2, 0) is 9.59 Å². The summed E-state index contributed by atoms with van der Waals surface area (Å²) in [7, 11) is 0. The molecule has 20 heavy (non-hydrogen) atoms. The van der Waals surface area contributed by atoms with Gasteiger partial charge in [-0.05, 0) is 32.1 Å². The molecule has 2 unspecified atom stereocenters. The number of carboxylic acid groups (broad SMARTS) is 1. The second kappa shape index (κ2) is 7.50. The Hall–Kier alpha value is -1.27. The van der Waals surface area contributed by atoms with Gasteiger partial charge in [0.05, 0.1) is 5.92 Å². The molecule has 2 atom stereocenters. The second-order valence-corrected chi connectivity index (χ2v) is 5.26. The van der Waals surface area contributed by atoms with Gasteiger partial charge in [0.1, 0.15) is 0 Å². The first kappa shape index (κ1) is 16.8. The first-order chi connectivity index (χ1) is 9.29. The number of unbranched alkanes of at least 4 members (excludes halogenated alkanes) is 1. The third-order valence-electron chi connectivity index (χ3n) is 3.58. The summed E-state index contributed by atoms with van der Waals surface area (Å²) in [5, 5.41) is 11.5. The van der Waals surface area contributed by atoms with Crippen molar-refractivity contribution in [1.82, 2.24) is 5.32 Å². The van der Waals surface area contributed by atoms with Gasteiger partial charge in [-0.2, -0.15) is 13.2 Å². The highest BCUT2D eigenvalue weighted by Gasteiger charge is 2.31. The number of amides is 1. The lowest BCUT2D eigenvalue weighted by Gasteiger charge is -2.25. The molecule has 1 fully saturated rings. The second-order valence-electron chi connectivity index (χ2n) is 5.26. The number of hydrogen-bond acceptors (Lipinski definition) is 2. The highest BCUT2D eigenvalue weighted by Crippen LogP contribution is 2.29. The van der Waals surface area contributed by atoms with Gasteiger partial charge in [0.15, 0.2) is 0 Å². The fourth-order valence-corrected chi connectivity index (χ4v) is 2.46. The maximum atomic E-state index is 11.9. The molecule has 4 nitrogen and oxygen atoms in total. The number of carbonyl (C=O) groups excluding carboxylic acids is 1. The van der Waals surface area contributed by atoms with Crippen LogP contribution < -0.4 is 5.32 Å². The predicted molar refractivity (Wildman–Crippen MR) is 66.0 cm³/mol. The van der Waals surface area contributed by atoms with Crippen LogP contribution in [0.2, 0.25) is 0 Å². The van der Waals surface area contributed by atoms with Gasteiger partial charge in [0, 0.05) is 18.9 Å². The lowest BCUT2D eigenvalue weighted by molar-refractivity contribution is -0.144. The fraction of sp³-hybridized carbons (Fsp3) is 0.846. The van der Waals surface area contributed by atoms with Crippen LogP contribution in [0.4, 0.5) is 13.2 Å². The summed E-state index contributed by atoms with van der Waals surface area (Å²) >= 11 is 0. The Balaban J connectivity index is 2.20. The number of halogens is 3. The molecule has 0 aromatic heterocycles. The van der Waals surface area contributed by atoms with E-state index in [-0.39, 0.29) is 31.2 Å². The Kier molecular flexibility index (Phi) is 6.29. The average Bonchev–Trinajstić information content (AvgIpc) is 2.37. The summed E-state index contributed by atoms with van der Waals surface area (Å²) in [6.45, 7) is 0.211. The molecule has 1 saturated carbocycles. The molecule has 1 aliphatic carbocycles. The Morgan fingerprint density at radius 2 is 1.80 bits per heavy atom. The summed E-state index contributed by atoms with van der Waals surface area (Å²) in [6.07, 6.45) is -2.46. The van der Waals surface area contributed by atoms with E-state index < -0.39 is 24.5 Å². The molecule has 0 spiro atoms. The molecule has 0 heterocycles. The van der Waals surface area contributed by atoms with E-state index in [4.69, 9.17) is 5.11 Å². The van der Waals surface area contributed by atoms with E-state index in [1.165, 1.54) is 0 Å². The van der Waals surface area contributed by atoms with Crippen LogP contribution in [0.1, 0.15) is 44.9 Å². The van der Waals surface area contributed by atoms with Crippen LogP contribution in [0, 0.1) is 11.8 Å². The first-order valence-electron chi connectivity index (χ1n) is 6.87. The molecule has 1 aliphatic rings. The van der Waals surface area contributed by atoms with Gasteiger partial charge >= 0.3 is 12.1 Å². The predicted octanol–water partition coefficient (Wildman–Crippen LogP) is 2.73. The van der Waals surface area contributed by atoms with Gasteiger partial charge in [-0.3, -0.25) is 9.59 Å². The molecule has 2 N–H and O–H groups in total. The topological polar surface area (TPSA) is 66.4 Å². The minimum atomic E-state index is -4.15. The zero-order valence-corrected chi connectivity index (χ0v) is 11.2. The lowest BCUT2D eigenvalue weighted by Crippen LogP contribution is -2.35. The number of aliphatic carboxylic acids is 1. The molecule has 0 aromatic rings. The molecular weight excluding hydrogens is 275 g/mol. The van der Waals surface area contributed by atoms with Crippen LogP contribution in [0.15, 0.2) is 0 Å². The summed E-state index contributed by atoms with van der Waals surface area (Å²) in [5.41, 5.74) is 0. The van der Waals surface area contributed by atoms with Gasteiger partial charge in [0.2, 0.25) is 5.91 Å². The number of carboxylic acids is 1. The Labute approximate surface area is 115 Å². The zero-order chi connectivity index (χ0) is 15.2. The van der Waals surface area contributed by atoms with Crippen LogP contribution in [0.3, 0.4) is 0 Å². The van der Waals surface area contributed by atoms with Crippen LogP contribution in [-0.4, -0.2) is 29.7 Å². The molecule has 0 saturated heterocycles.